The zero-order valence-corrected chi connectivity index (χ0v) is 17.4. The van der Waals surface area contributed by atoms with Crippen LogP contribution in [-0.4, -0.2) is 35.4 Å². The van der Waals surface area contributed by atoms with Crippen molar-refractivity contribution in [1.29, 1.82) is 0 Å². The first-order chi connectivity index (χ1) is 15.3. The molecule has 0 aliphatic rings. The Bertz CT molecular complexity index is 1280. The van der Waals surface area contributed by atoms with Crippen LogP contribution in [0, 0.1) is 23.7 Å². The lowest BCUT2D eigenvalue weighted by molar-refractivity contribution is 0.647. The Kier molecular flexibility index (Phi) is 6.16. The van der Waals surface area contributed by atoms with Gasteiger partial charge in [-0.25, -0.2) is 9.67 Å². The van der Waals surface area contributed by atoms with Crippen LogP contribution in [0.2, 0.25) is 0 Å². The highest BCUT2D eigenvalue weighted by Gasteiger charge is 2.12. The third-order valence-electron chi connectivity index (χ3n) is 4.75. The molecule has 1 N–H and O–H groups in total. The van der Waals surface area contributed by atoms with Crippen LogP contribution in [-0.2, 0) is 19.4 Å². The fraction of sp³-hybridized carbons (Fsp3) is 0.208. The first-order valence-electron chi connectivity index (χ1n) is 9.92. The number of nitrogens with zero attached hydrogens (tertiary/aromatic N) is 6. The molecule has 0 aliphatic carbocycles. The lowest BCUT2D eigenvalue weighted by atomic mass is 9.98. The summed E-state index contributed by atoms with van der Waals surface area (Å²) in [7, 11) is 0. The molecule has 7 heteroatoms. The third-order valence-corrected chi connectivity index (χ3v) is 4.75. The maximum absolute atomic E-state index is 4.63. The molecule has 2 heterocycles. The zero-order chi connectivity index (χ0) is 21.5. The molecule has 31 heavy (non-hydrogen) atoms. The molecule has 0 unspecified atom stereocenters. The van der Waals surface area contributed by atoms with Gasteiger partial charge in [0, 0.05) is 5.56 Å². The smallest absolute Gasteiger partial charge is 0.205 e. The lowest BCUT2D eigenvalue weighted by Crippen LogP contribution is -2.06. The van der Waals surface area contributed by atoms with Gasteiger partial charge in [-0.1, -0.05) is 60.4 Å². The van der Waals surface area contributed by atoms with Crippen molar-refractivity contribution < 1.29 is 0 Å². The highest BCUT2D eigenvalue weighted by Crippen LogP contribution is 2.29. The molecule has 0 saturated heterocycles. The van der Waals surface area contributed by atoms with E-state index in [9.17, 15) is 0 Å². The Labute approximate surface area is 180 Å². The number of tetrazole rings is 1. The van der Waals surface area contributed by atoms with Crippen LogP contribution >= 0.6 is 0 Å². The van der Waals surface area contributed by atoms with Gasteiger partial charge in [0.1, 0.15) is 5.82 Å². The lowest BCUT2D eigenvalue weighted by Gasteiger charge is -2.09. The van der Waals surface area contributed by atoms with Crippen LogP contribution in [0.4, 0.5) is 0 Å². The summed E-state index contributed by atoms with van der Waals surface area (Å²) in [6.45, 7) is 4.27. The number of aromatic amines is 1. The number of hydrogen-bond donors (Lipinski definition) is 1. The Morgan fingerprint density at radius 2 is 1.65 bits per heavy atom. The zero-order valence-electron chi connectivity index (χ0n) is 17.4. The van der Waals surface area contributed by atoms with Gasteiger partial charge in [-0.15, -0.1) is 22.0 Å². The normalized spacial score (nSPS) is 10.1. The molecule has 0 saturated carbocycles. The predicted octanol–water partition coefficient (Wildman–Crippen LogP) is 3.31. The van der Waals surface area contributed by atoms with Gasteiger partial charge in [0.2, 0.25) is 5.82 Å². The van der Waals surface area contributed by atoms with Gasteiger partial charge in [-0.2, -0.15) is 10.3 Å². The molecule has 0 bridgehead atoms. The average Bonchev–Trinajstić information content (AvgIpc) is 3.47. The molecule has 2 aromatic heterocycles. The Balaban J connectivity index is 1.59. The summed E-state index contributed by atoms with van der Waals surface area (Å²) >= 11 is 0. The maximum Gasteiger partial charge on any atom is 0.205 e. The van der Waals surface area contributed by atoms with Crippen molar-refractivity contribution in [3.05, 3.63) is 65.7 Å². The third kappa shape index (κ3) is 4.68. The average molecular weight is 407 g/mol. The standard InChI is InChI=1S/C24H21N7/c1-3-5-11-22-25-23(12-6-4-2)31(28-22)17-18-13-15-19(16-14-18)20-9-7-8-10-21(20)24-26-29-30-27-24/h7-10,13-16H,11-12,17H2,1-2H3,(H,26,27,29,30). The van der Waals surface area contributed by atoms with Crippen LogP contribution in [0.1, 0.15) is 31.1 Å². The van der Waals surface area contributed by atoms with Crippen LogP contribution in [0.25, 0.3) is 22.5 Å². The van der Waals surface area contributed by atoms with Gasteiger partial charge in [0.15, 0.2) is 5.82 Å². The molecule has 0 radical (unpaired) electrons. The second kappa shape index (κ2) is 9.51. The minimum absolute atomic E-state index is 0.544. The number of nitrogens with one attached hydrogen (secondary N) is 1. The van der Waals surface area contributed by atoms with Crippen molar-refractivity contribution in [1.82, 2.24) is 35.4 Å². The fourth-order valence-corrected chi connectivity index (χ4v) is 3.26. The van der Waals surface area contributed by atoms with Crippen LogP contribution < -0.4 is 0 Å². The molecule has 0 aliphatic heterocycles. The number of hydrogen-bond acceptors (Lipinski definition) is 5. The molecule has 7 nitrogen and oxygen atoms in total. The second-order valence-electron chi connectivity index (χ2n) is 6.79. The van der Waals surface area contributed by atoms with Gasteiger partial charge in [0.05, 0.1) is 19.4 Å². The molecule has 0 fully saturated rings. The molecular formula is C24H21N7. The number of rotatable bonds is 6. The molecule has 0 amide bonds. The van der Waals surface area contributed by atoms with E-state index in [0.717, 1.165) is 33.9 Å². The predicted molar refractivity (Wildman–Crippen MR) is 118 cm³/mol. The van der Waals surface area contributed by atoms with Crippen molar-refractivity contribution in [3.63, 3.8) is 0 Å². The van der Waals surface area contributed by atoms with E-state index in [4.69, 9.17) is 0 Å². The molecule has 2 aromatic carbocycles. The van der Waals surface area contributed by atoms with Crippen LogP contribution in [0.15, 0.2) is 48.5 Å². The van der Waals surface area contributed by atoms with E-state index >= 15 is 0 Å². The Morgan fingerprint density at radius 1 is 0.903 bits per heavy atom. The van der Waals surface area contributed by atoms with Crippen molar-refractivity contribution in [2.45, 2.75) is 33.2 Å². The van der Waals surface area contributed by atoms with Crippen molar-refractivity contribution >= 4 is 0 Å². The van der Waals surface area contributed by atoms with Crippen molar-refractivity contribution in [3.8, 4) is 46.2 Å². The highest BCUT2D eigenvalue weighted by molar-refractivity contribution is 5.80. The minimum atomic E-state index is 0.544. The molecular weight excluding hydrogens is 386 g/mol. The molecule has 0 atom stereocenters. The van der Waals surface area contributed by atoms with Crippen LogP contribution in [0.3, 0.4) is 0 Å². The van der Waals surface area contributed by atoms with E-state index in [0.29, 0.717) is 25.2 Å². The summed E-state index contributed by atoms with van der Waals surface area (Å²) in [6, 6.07) is 16.4. The Hall–Kier alpha value is -4.23. The van der Waals surface area contributed by atoms with E-state index in [1.807, 2.05) is 36.7 Å². The van der Waals surface area contributed by atoms with E-state index in [1.165, 1.54) is 0 Å². The number of aromatic nitrogens is 7. The fourth-order valence-electron chi connectivity index (χ4n) is 3.26. The highest BCUT2D eigenvalue weighted by atomic mass is 15.5. The molecule has 152 valence electrons. The van der Waals surface area contributed by atoms with E-state index in [-0.39, 0.29) is 0 Å². The first kappa shape index (κ1) is 20.1. The van der Waals surface area contributed by atoms with E-state index in [1.54, 1.807) is 0 Å². The quantitative estimate of drug-likeness (QED) is 0.496. The summed E-state index contributed by atoms with van der Waals surface area (Å²) in [5, 5.41) is 19.1. The van der Waals surface area contributed by atoms with Crippen molar-refractivity contribution in [2.24, 2.45) is 0 Å². The number of H-pyrrole nitrogens is 1. The summed E-state index contributed by atoms with van der Waals surface area (Å²) in [5.74, 6) is 14.1. The molecule has 4 rings (SSSR count). The van der Waals surface area contributed by atoms with Gasteiger partial charge >= 0.3 is 0 Å². The molecule has 4 aromatic rings. The first-order valence-corrected chi connectivity index (χ1v) is 9.92. The minimum Gasteiger partial charge on any atom is -0.244 e. The monoisotopic (exact) mass is 407 g/mol. The second-order valence-corrected chi connectivity index (χ2v) is 6.79. The number of benzene rings is 2. The van der Waals surface area contributed by atoms with E-state index < -0.39 is 0 Å². The maximum atomic E-state index is 4.63. The summed E-state index contributed by atoms with van der Waals surface area (Å²) in [4.78, 5) is 4.61. The molecule has 0 spiro atoms. The largest absolute Gasteiger partial charge is 0.244 e. The van der Waals surface area contributed by atoms with Crippen molar-refractivity contribution in [2.75, 3.05) is 0 Å². The van der Waals surface area contributed by atoms with Gasteiger partial charge in [-0.3, -0.25) is 0 Å². The summed E-state index contributed by atoms with van der Waals surface area (Å²) in [6.07, 6.45) is 1.11. The SMILES string of the molecule is CC#CCc1nc(CC#CC)n(Cc2ccc(-c3ccccc3-c3nn[nH]n3)cc2)n1. The summed E-state index contributed by atoms with van der Waals surface area (Å²) < 4.78 is 1.92. The summed E-state index contributed by atoms with van der Waals surface area (Å²) in [5.41, 5.74) is 4.20. The van der Waals surface area contributed by atoms with Gasteiger partial charge < -0.3 is 0 Å². The van der Waals surface area contributed by atoms with Gasteiger partial charge in [0.25, 0.3) is 0 Å². The van der Waals surface area contributed by atoms with Gasteiger partial charge in [-0.05, 0) is 35.8 Å². The Morgan fingerprint density at radius 3 is 2.35 bits per heavy atom. The van der Waals surface area contributed by atoms with Crippen LogP contribution in [0.5, 0.6) is 0 Å². The topological polar surface area (TPSA) is 85.2 Å². The van der Waals surface area contributed by atoms with E-state index in [2.05, 4.69) is 84.7 Å².